The molecule has 1 nitrogen and oxygen atoms in total. The molecule has 2 N–H and O–H groups in total. The van der Waals surface area contributed by atoms with E-state index in [2.05, 4.69) is 18.4 Å². The van der Waals surface area contributed by atoms with E-state index in [1.54, 1.807) is 11.8 Å². The van der Waals surface area contributed by atoms with Crippen LogP contribution in [0.5, 0.6) is 0 Å². The van der Waals surface area contributed by atoms with Gasteiger partial charge in [0.05, 0.1) is 0 Å². The van der Waals surface area contributed by atoms with Crippen molar-refractivity contribution in [2.45, 2.75) is 36.0 Å². The SMILES string of the molecule is CSc1ccc(Cl)c(C2(CN)CCCC2)c1. The van der Waals surface area contributed by atoms with E-state index >= 15 is 0 Å². The van der Waals surface area contributed by atoms with Crippen LogP contribution in [0.25, 0.3) is 0 Å². The third-order valence-corrected chi connectivity index (χ3v) is 4.75. The van der Waals surface area contributed by atoms with E-state index in [1.165, 1.54) is 36.1 Å². The summed E-state index contributed by atoms with van der Waals surface area (Å²) in [5.41, 5.74) is 7.40. The Morgan fingerprint density at radius 3 is 2.62 bits per heavy atom. The molecule has 88 valence electrons. The van der Waals surface area contributed by atoms with Crippen LogP contribution in [0.1, 0.15) is 31.2 Å². The second-order valence-corrected chi connectivity index (χ2v) is 5.82. The molecule has 1 aliphatic carbocycles. The fraction of sp³-hybridized carbons (Fsp3) is 0.538. The summed E-state index contributed by atoms with van der Waals surface area (Å²) < 4.78 is 0. The van der Waals surface area contributed by atoms with Gasteiger partial charge in [-0.3, -0.25) is 0 Å². The molecule has 3 heteroatoms. The van der Waals surface area contributed by atoms with Gasteiger partial charge in [0.15, 0.2) is 0 Å². The summed E-state index contributed by atoms with van der Waals surface area (Å²) in [6.45, 7) is 0.713. The standard InChI is InChI=1S/C13H18ClNS/c1-16-10-4-5-12(14)11(8-10)13(9-15)6-2-3-7-13/h4-5,8H,2-3,6-7,9,15H2,1H3. The third-order valence-electron chi connectivity index (χ3n) is 3.70. The average Bonchev–Trinajstić information content (AvgIpc) is 2.79. The van der Waals surface area contributed by atoms with E-state index in [0.29, 0.717) is 6.54 Å². The van der Waals surface area contributed by atoms with E-state index in [9.17, 15) is 0 Å². The van der Waals surface area contributed by atoms with Gasteiger partial charge in [-0.2, -0.15) is 0 Å². The molecule has 0 bridgehead atoms. The molecular formula is C13H18ClNS. The summed E-state index contributed by atoms with van der Waals surface area (Å²) in [7, 11) is 0. The van der Waals surface area contributed by atoms with E-state index < -0.39 is 0 Å². The normalized spacial score (nSPS) is 18.9. The van der Waals surface area contributed by atoms with Crippen molar-refractivity contribution < 1.29 is 0 Å². The minimum atomic E-state index is 0.142. The highest BCUT2D eigenvalue weighted by molar-refractivity contribution is 7.98. The maximum atomic E-state index is 6.34. The lowest BCUT2D eigenvalue weighted by atomic mass is 9.79. The zero-order chi connectivity index (χ0) is 11.6. The van der Waals surface area contributed by atoms with E-state index in [4.69, 9.17) is 17.3 Å². The fourth-order valence-corrected chi connectivity index (χ4v) is 3.43. The van der Waals surface area contributed by atoms with Crippen molar-refractivity contribution in [3.05, 3.63) is 28.8 Å². The average molecular weight is 256 g/mol. The number of thioether (sulfide) groups is 1. The molecule has 0 radical (unpaired) electrons. The van der Waals surface area contributed by atoms with Crippen LogP contribution in [0.15, 0.2) is 23.1 Å². The molecule has 16 heavy (non-hydrogen) atoms. The number of hydrogen-bond acceptors (Lipinski definition) is 2. The fourth-order valence-electron chi connectivity index (χ4n) is 2.67. The molecular weight excluding hydrogens is 238 g/mol. The molecule has 1 fully saturated rings. The first-order valence-electron chi connectivity index (χ1n) is 5.76. The predicted molar refractivity (Wildman–Crippen MR) is 72.4 cm³/mol. The van der Waals surface area contributed by atoms with Crippen LogP contribution in [-0.4, -0.2) is 12.8 Å². The van der Waals surface area contributed by atoms with Gasteiger partial charge >= 0.3 is 0 Å². The lowest BCUT2D eigenvalue weighted by Gasteiger charge is -2.29. The van der Waals surface area contributed by atoms with Crippen LogP contribution in [-0.2, 0) is 5.41 Å². The van der Waals surface area contributed by atoms with Crippen molar-refractivity contribution in [2.75, 3.05) is 12.8 Å². The number of hydrogen-bond donors (Lipinski definition) is 1. The number of nitrogens with two attached hydrogens (primary N) is 1. The van der Waals surface area contributed by atoms with Gasteiger partial charge in [0.2, 0.25) is 0 Å². The summed E-state index contributed by atoms with van der Waals surface area (Å²) in [5, 5.41) is 0.880. The van der Waals surface area contributed by atoms with Crippen LogP contribution < -0.4 is 5.73 Å². The zero-order valence-corrected chi connectivity index (χ0v) is 11.2. The Morgan fingerprint density at radius 2 is 2.06 bits per heavy atom. The van der Waals surface area contributed by atoms with Crippen LogP contribution in [0.2, 0.25) is 5.02 Å². The molecule has 1 saturated carbocycles. The van der Waals surface area contributed by atoms with Gasteiger partial charge in [0, 0.05) is 21.9 Å². The van der Waals surface area contributed by atoms with Crippen molar-refractivity contribution in [1.82, 2.24) is 0 Å². The van der Waals surface area contributed by atoms with Gasteiger partial charge in [-0.05, 0) is 42.9 Å². The van der Waals surface area contributed by atoms with E-state index in [0.717, 1.165) is 5.02 Å². The largest absolute Gasteiger partial charge is 0.330 e. The number of rotatable bonds is 3. The second kappa shape index (κ2) is 4.99. The van der Waals surface area contributed by atoms with Crippen molar-refractivity contribution in [1.29, 1.82) is 0 Å². The Kier molecular flexibility index (Phi) is 3.83. The lowest BCUT2D eigenvalue weighted by molar-refractivity contribution is 0.452. The maximum Gasteiger partial charge on any atom is 0.0444 e. The Hall–Kier alpha value is -0.180. The van der Waals surface area contributed by atoms with Crippen molar-refractivity contribution in [2.24, 2.45) is 5.73 Å². The summed E-state index contributed by atoms with van der Waals surface area (Å²) in [5.74, 6) is 0. The minimum Gasteiger partial charge on any atom is -0.330 e. The smallest absolute Gasteiger partial charge is 0.0444 e. The quantitative estimate of drug-likeness (QED) is 0.831. The zero-order valence-electron chi connectivity index (χ0n) is 9.63. The molecule has 0 aliphatic heterocycles. The topological polar surface area (TPSA) is 26.0 Å². The molecule has 0 unspecified atom stereocenters. The van der Waals surface area contributed by atoms with Crippen molar-refractivity contribution >= 4 is 23.4 Å². The molecule has 0 aromatic heterocycles. The van der Waals surface area contributed by atoms with Gasteiger partial charge < -0.3 is 5.73 Å². The van der Waals surface area contributed by atoms with Crippen molar-refractivity contribution in [3.8, 4) is 0 Å². The summed E-state index contributed by atoms with van der Waals surface area (Å²) in [6, 6.07) is 6.32. The Morgan fingerprint density at radius 1 is 1.38 bits per heavy atom. The molecule has 0 heterocycles. The monoisotopic (exact) mass is 255 g/mol. The second-order valence-electron chi connectivity index (χ2n) is 4.54. The first-order chi connectivity index (χ1) is 7.72. The van der Waals surface area contributed by atoms with Gasteiger partial charge in [0.25, 0.3) is 0 Å². The van der Waals surface area contributed by atoms with E-state index in [1.807, 2.05) is 6.07 Å². The van der Waals surface area contributed by atoms with Crippen LogP contribution >= 0.6 is 23.4 Å². The highest BCUT2D eigenvalue weighted by Crippen LogP contribution is 2.43. The van der Waals surface area contributed by atoms with Crippen LogP contribution in [0.3, 0.4) is 0 Å². The van der Waals surface area contributed by atoms with Crippen LogP contribution in [0.4, 0.5) is 0 Å². The van der Waals surface area contributed by atoms with Gasteiger partial charge in [-0.25, -0.2) is 0 Å². The third kappa shape index (κ3) is 2.11. The Labute approximate surface area is 107 Å². The van der Waals surface area contributed by atoms with Gasteiger partial charge in [-0.1, -0.05) is 24.4 Å². The Balaban J connectivity index is 2.44. The highest BCUT2D eigenvalue weighted by atomic mass is 35.5. The lowest BCUT2D eigenvalue weighted by Crippen LogP contribution is -2.32. The highest BCUT2D eigenvalue weighted by Gasteiger charge is 2.35. The molecule has 0 spiro atoms. The van der Waals surface area contributed by atoms with Gasteiger partial charge in [-0.15, -0.1) is 11.8 Å². The predicted octanol–water partition coefficient (Wildman–Crippen LogP) is 3.83. The molecule has 2 rings (SSSR count). The molecule has 0 amide bonds. The van der Waals surface area contributed by atoms with Gasteiger partial charge in [0.1, 0.15) is 0 Å². The number of halogens is 1. The minimum absolute atomic E-state index is 0.142. The first kappa shape index (κ1) is 12.3. The molecule has 1 aliphatic rings. The first-order valence-corrected chi connectivity index (χ1v) is 7.36. The summed E-state index contributed by atoms with van der Waals surface area (Å²) >= 11 is 8.10. The van der Waals surface area contributed by atoms with Crippen molar-refractivity contribution in [3.63, 3.8) is 0 Å². The molecule has 0 atom stereocenters. The van der Waals surface area contributed by atoms with Crippen LogP contribution in [0, 0.1) is 0 Å². The van der Waals surface area contributed by atoms with E-state index in [-0.39, 0.29) is 5.41 Å². The summed E-state index contributed by atoms with van der Waals surface area (Å²) in [6.07, 6.45) is 7.01. The summed E-state index contributed by atoms with van der Waals surface area (Å²) in [4.78, 5) is 1.28. The maximum absolute atomic E-state index is 6.34. The molecule has 0 saturated heterocycles. The molecule has 1 aromatic rings. The Bertz CT molecular complexity index is 372. The molecule has 1 aromatic carbocycles. The number of benzene rings is 1.